The third kappa shape index (κ3) is 2.18. The Morgan fingerprint density at radius 3 is 2.59 bits per heavy atom. The lowest BCUT2D eigenvalue weighted by Crippen LogP contribution is -2.52. The van der Waals surface area contributed by atoms with Crippen LogP contribution in [0, 0.1) is 23.7 Å². The van der Waals surface area contributed by atoms with Gasteiger partial charge in [-0.3, -0.25) is 0 Å². The van der Waals surface area contributed by atoms with Crippen LogP contribution in [0.1, 0.15) is 25.3 Å². The van der Waals surface area contributed by atoms with Gasteiger partial charge in [-0.15, -0.1) is 6.42 Å². The smallest absolute Gasteiger partial charge is 0.0852 e. The van der Waals surface area contributed by atoms with E-state index in [-0.39, 0.29) is 11.5 Å². The summed E-state index contributed by atoms with van der Waals surface area (Å²) >= 11 is 0. The highest BCUT2D eigenvalue weighted by atomic mass is 15.0. The van der Waals surface area contributed by atoms with Crippen molar-refractivity contribution in [1.82, 2.24) is 5.32 Å². The van der Waals surface area contributed by atoms with E-state index in [1.807, 2.05) is 37.3 Å². The van der Waals surface area contributed by atoms with Gasteiger partial charge in [0.15, 0.2) is 0 Å². The molecule has 0 amide bonds. The summed E-state index contributed by atoms with van der Waals surface area (Å²) in [4.78, 5) is 0. The summed E-state index contributed by atoms with van der Waals surface area (Å²) in [6.07, 6.45) is 7.03. The third-order valence-electron chi connectivity index (χ3n) is 3.47. The average Bonchev–Trinajstić information content (AvgIpc) is 2.34. The van der Waals surface area contributed by atoms with E-state index >= 15 is 0 Å². The molecule has 1 aliphatic rings. The summed E-state index contributed by atoms with van der Waals surface area (Å²) in [5.74, 6) is 2.66. The van der Waals surface area contributed by atoms with Crippen LogP contribution in [-0.4, -0.2) is 12.1 Å². The summed E-state index contributed by atoms with van der Waals surface area (Å²) < 4.78 is 0. The van der Waals surface area contributed by atoms with Gasteiger partial charge in [-0.05, 0) is 25.3 Å². The van der Waals surface area contributed by atoms with E-state index in [1.54, 1.807) is 0 Å². The van der Waals surface area contributed by atoms with Gasteiger partial charge in [0, 0.05) is 6.04 Å². The molecule has 1 aromatic rings. The number of nitrogens with one attached hydrogen (secondary N) is 1. The van der Waals surface area contributed by atoms with Crippen LogP contribution in [0.3, 0.4) is 0 Å². The zero-order valence-corrected chi connectivity index (χ0v) is 9.98. The molecule has 1 aliphatic carbocycles. The van der Waals surface area contributed by atoms with Gasteiger partial charge in [0.25, 0.3) is 0 Å². The molecule has 1 atom stereocenters. The predicted molar refractivity (Wildman–Crippen MR) is 68.2 cm³/mol. The Hall–Kier alpha value is -1.77. The molecule has 1 saturated carbocycles. The second-order valence-electron chi connectivity index (χ2n) is 4.72. The van der Waals surface area contributed by atoms with E-state index in [0.29, 0.717) is 6.04 Å². The number of hydrogen-bond donors (Lipinski definition) is 1. The monoisotopic (exact) mass is 224 g/mol. The second-order valence-corrected chi connectivity index (χ2v) is 4.72. The Morgan fingerprint density at radius 1 is 1.41 bits per heavy atom. The largest absolute Gasteiger partial charge is 0.301 e. The Labute approximate surface area is 103 Å². The lowest BCUT2D eigenvalue weighted by Gasteiger charge is -2.44. The molecule has 1 fully saturated rings. The maximum absolute atomic E-state index is 9.38. The van der Waals surface area contributed by atoms with Gasteiger partial charge in [0.1, 0.15) is 0 Å². The molecule has 1 N–H and O–H groups in total. The third-order valence-corrected chi connectivity index (χ3v) is 3.47. The van der Waals surface area contributed by atoms with Crippen molar-refractivity contribution >= 4 is 0 Å². The summed E-state index contributed by atoms with van der Waals surface area (Å²) in [5, 5.41) is 12.7. The molecular formula is C15H16N2. The maximum atomic E-state index is 9.38. The lowest BCUT2D eigenvalue weighted by atomic mass is 9.62. The Bertz CT molecular complexity index is 458. The summed E-state index contributed by atoms with van der Waals surface area (Å²) in [5.41, 5.74) is 0.807. The highest BCUT2D eigenvalue weighted by Crippen LogP contribution is 2.43. The van der Waals surface area contributed by atoms with Crippen molar-refractivity contribution < 1.29 is 0 Å². The first-order chi connectivity index (χ1) is 8.20. The minimum atomic E-state index is -0.312. The molecule has 1 unspecified atom stereocenters. The molecule has 0 aliphatic heterocycles. The van der Waals surface area contributed by atoms with Crippen molar-refractivity contribution in [3.8, 4) is 18.4 Å². The van der Waals surface area contributed by atoms with Crippen molar-refractivity contribution in [3.05, 3.63) is 35.9 Å². The van der Waals surface area contributed by atoms with Crippen LogP contribution in [0.2, 0.25) is 0 Å². The summed E-state index contributed by atoms with van der Waals surface area (Å²) in [6, 6.07) is 12.9. The summed E-state index contributed by atoms with van der Waals surface area (Å²) in [7, 11) is 0. The average molecular weight is 224 g/mol. The number of rotatable bonds is 3. The van der Waals surface area contributed by atoms with Gasteiger partial charge >= 0.3 is 0 Å². The van der Waals surface area contributed by atoms with Gasteiger partial charge in [0.2, 0.25) is 0 Å². The van der Waals surface area contributed by atoms with E-state index in [2.05, 4.69) is 17.3 Å². The van der Waals surface area contributed by atoms with Gasteiger partial charge in [0.05, 0.1) is 17.5 Å². The quantitative estimate of drug-likeness (QED) is 0.799. The fourth-order valence-corrected chi connectivity index (χ4v) is 2.45. The molecule has 0 heterocycles. The number of nitriles is 1. The number of hydrogen-bond acceptors (Lipinski definition) is 2. The van der Waals surface area contributed by atoms with Crippen molar-refractivity contribution in [2.24, 2.45) is 0 Å². The van der Waals surface area contributed by atoms with E-state index in [9.17, 15) is 5.26 Å². The standard InChI is InChI=1S/C15H16N2/c1-3-12(2)17-14-9-15(10-14,11-16)13-7-5-4-6-8-13/h1,4-8,12,14,17H,9-10H2,2H3. The Kier molecular flexibility index (Phi) is 3.18. The van der Waals surface area contributed by atoms with E-state index in [0.717, 1.165) is 18.4 Å². The molecule has 0 bridgehead atoms. The number of terminal acetylenes is 1. The molecule has 2 nitrogen and oxygen atoms in total. The van der Waals surface area contributed by atoms with Crippen LogP contribution in [-0.2, 0) is 5.41 Å². The molecule has 0 aromatic heterocycles. The second kappa shape index (κ2) is 4.62. The molecule has 0 radical (unpaired) electrons. The molecule has 2 rings (SSSR count). The minimum Gasteiger partial charge on any atom is -0.301 e. The highest BCUT2D eigenvalue weighted by Gasteiger charge is 2.46. The molecule has 17 heavy (non-hydrogen) atoms. The van der Waals surface area contributed by atoms with Gasteiger partial charge in [-0.25, -0.2) is 0 Å². The highest BCUT2D eigenvalue weighted by molar-refractivity contribution is 5.37. The van der Waals surface area contributed by atoms with Gasteiger partial charge in [-0.2, -0.15) is 5.26 Å². The van der Waals surface area contributed by atoms with E-state index in [4.69, 9.17) is 6.42 Å². The normalized spacial score (nSPS) is 28.5. The predicted octanol–water partition coefficient (Wildman–Crippen LogP) is 2.22. The maximum Gasteiger partial charge on any atom is 0.0852 e. The zero-order chi connectivity index (χ0) is 12.3. The van der Waals surface area contributed by atoms with Crippen LogP contribution in [0.4, 0.5) is 0 Å². The molecule has 2 heteroatoms. The first-order valence-corrected chi connectivity index (χ1v) is 5.89. The minimum absolute atomic E-state index is 0.0764. The van der Waals surface area contributed by atoms with Crippen molar-refractivity contribution in [1.29, 1.82) is 5.26 Å². The number of benzene rings is 1. The van der Waals surface area contributed by atoms with Gasteiger partial charge < -0.3 is 5.32 Å². The van der Waals surface area contributed by atoms with Crippen LogP contribution in [0.15, 0.2) is 30.3 Å². The molecule has 1 aromatic carbocycles. The van der Waals surface area contributed by atoms with Gasteiger partial charge in [-0.1, -0.05) is 36.3 Å². The molecule has 0 saturated heterocycles. The van der Waals surface area contributed by atoms with Crippen LogP contribution < -0.4 is 5.32 Å². The van der Waals surface area contributed by atoms with E-state index in [1.165, 1.54) is 0 Å². The lowest BCUT2D eigenvalue weighted by molar-refractivity contribution is 0.222. The molecular weight excluding hydrogens is 208 g/mol. The first-order valence-electron chi connectivity index (χ1n) is 5.89. The first kappa shape index (κ1) is 11.7. The Balaban J connectivity index is 2.04. The van der Waals surface area contributed by atoms with Crippen molar-refractivity contribution in [2.75, 3.05) is 0 Å². The number of nitrogens with zero attached hydrogens (tertiary/aromatic N) is 1. The fraction of sp³-hybridized carbons (Fsp3) is 0.400. The Morgan fingerprint density at radius 2 is 2.06 bits per heavy atom. The topological polar surface area (TPSA) is 35.8 Å². The van der Waals surface area contributed by atoms with E-state index < -0.39 is 0 Å². The van der Waals surface area contributed by atoms with Crippen molar-refractivity contribution in [3.63, 3.8) is 0 Å². The van der Waals surface area contributed by atoms with Crippen LogP contribution in [0.5, 0.6) is 0 Å². The molecule has 0 spiro atoms. The van der Waals surface area contributed by atoms with Crippen molar-refractivity contribution in [2.45, 2.75) is 37.3 Å². The fourth-order valence-electron chi connectivity index (χ4n) is 2.45. The van der Waals surface area contributed by atoms with Crippen LogP contribution in [0.25, 0.3) is 0 Å². The SMILES string of the molecule is C#CC(C)NC1CC(C#N)(c2ccccc2)C1. The summed E-state index contributed by atoms with van der Waals surface area (Å²) in [6.45, 7) is 1.97. The van der Waals surface area contributed by atoms with Crippen LogP contribution >= 0.6 is 0 Å². The molecule has 86 valence electrons. The zero-order valence-electron chi connectivity index (χ0n) is 9.98.